The number of hydrogen-bond donors (Lipinski definition) is 1. The number of aromatic nitrogens is 1. The van der Waals surface area contributed by atoms with Gasteiger partial charge >= 0.3 is 6.16 Å². The molecule has 0 aliphatic carbocycles. The highest BCUT2D eigenvalue weighted by Crippen LogP contribution is 1.96. The van der Waals surface area contributed by atoms with Crippen LogP contribution in [-0.4, -0.2) is 31.3 Å². The van der Waals surface area contributed by atoms with Crippen LogP contribution < -0.4 is 9.88 Å². The fourth-order valence-corrected chi connectivity index (χ4v) is 1.44. The smallest absolute Gasteiger partial charge is 0.431 e. The first-order valence-corrected chi connectivity index (χ1v) is 6.58. The molecular formula is C13H18N3O6+. The number of rotatable bonds is 8. The summed E-state index contributed by atoms with van der Waals surface area (Å²) < 4.78 is 11.2. The largest absolute Gasteiger partial charge is 0.513 e. The number of pyridine rings is 1. The molecule has 0 aromatic carbocycles. The van der Waals surface area contributed by atoms with Crippen LogP contribution >= 0.6 is 0 Å². The van der Waals surface area contributed by atoms with Crippen LogP contribution in [0.25, 0.3) is 0 Å². The number of amides is 1. The summed E-state index contributed by atoms with van der Waals surface area (Å²) in [5.74, 6) is -0.353. The third-order valence-corrected chi connectivity index (χ3v) is 2.32. The zero-order chi connectivity index (χ0) is 16.4. The Morgan fingerprint density at radius 3 is 2.86 bits per heavy atom. The van der Waals surface area contributed by atoms with Crippen LogP contribution in [0.15, 0.2) is 29.9 Å². The summed E-state index contributed by atoms with van der Waals surface area (Å²) in [6.45, 7) is 3.49. The summed E-state index contributed by atoms with van der Waals surface area (Å²) in [5, 5.41) is 4.76. The summed E-state index contributed by atoms with van der Waals surface area (Å²) in [6, 6.07) is 3.23. The van der Waals surface area contributed by atoms with E-state index in [1.807, 2.05) is 0 Å². The normalized spacial score (nSPS) is 9.95. The van der Waals surface area contributed by atoms with Crippen molar-refractivity contribution >= 4 is 12.1 Å². The van der Waals surface area contributed by atoms with E-state index in [0.29, 0.717) is 5.56 Å². The van der Waals surface area contributed by atoms with E-state index in [0.717, 1.165) is 0 Å². The Bertz CT molecular complexity index is 520. The summed E-state index contributed by atoms with van der Waals surface area (Å²) in [6.07, 6.45) is 2.10. The maximum absolute atomic E-state index is 11.8. The van der Waals surface area contributed by atoms with Crippen LogP contribution in [0.4, 0.5) is 4.79 Å². The van der Waals surface area contributed by atoms with Crippen molar-refractivity contribution in [1.29, 1.82) is 0 Å². The number of ether oxygens (including phenoxy) is 2. The Morgan fingerprint density at radius 1 is 1.41 bits per heavy atom. The second kappa shape index (κ2) is 9.27. The van der Waals surface area contributed by atoms with Crippen molar-refractivity contribution in [2.75, 3.05) is 13.2 Å². The van der Waals surface area contributed by atoms with E-state index in [1.165, 1.54) is 10.8 Å². The zero-order valence-electron chi connectivity index (χ0n) is 12.4. The number of carbonyl (C=O) groups is 2. The zero-order valence-corrected chi connectivity index (χ0v) is 12.4. The van der Waals surface area contributed by atoms with Gasteiger partial charge in [0, 0.05) is 6.07 Å². The number of hydrogen-bond acceptors (Lipinski definition) is 7. The van der Waals surface area contributed by atoms with Crippen molar-refractivity contribution in [1.82, 2.24) is 5.32 Å². The highest BCUT2D eigenvalue weighted by Gasteiger charge is 2.13. The third-order valence-electron chi connectivity index (χ3n) is 2.32. The summed E-state index contributed by atoms with van der Waals surface area (Å²) in [7, 11) is 0. The summed E-state index contributed by atoms with van der Waals surface area (Å²) >= 11 is 0. The number of carbonyl (C=O) groups excluding carboxylic acids is 2. The van der Waals surface area contributed by atoms with Gasteiger partial charge in [-0.05, 0) is 19.9 Å². The molecule has 0 unspecified atom stereocenters. The topological polar surface area (TPSA) is 107 Å². The van der Waals surface area contributed by atoms with Gasteiger partial charge in [-0.25, -0.2) is 4.79 Å². The number of nitrogens with one attached hydrogen (secondary N) is 1. The quantitative estimate of drug-likeness (QED) is 0.251. The van der Waals surface area contributed by atoms with Gasteiger partial charge in [0.1, 0.15) is 12.2 Å². The molecule has 22 heavy (non-hydrogen) atoms. The molecule has 0 aliphatic rings. The van der Waals surface area contributed by atoms with Crippen molar-refractivity contribution in [3.63, 3.8) is 0 Å². The number of nitrogens with zero attached hydrogens (tertiary/aromatic N) is 2. The lowest BCUT2D eigenvalue weighted by molar-refractivity contribution is -0.727. The standard InChI is InChI=1S/C13H17N3O6/c1-10(2)22-13(18)20-9-16-6-3-4-11(8-16)12(17)14-5-7-21-15-19/h3-4,6,8,10H,5,7,9H2,1-2H3/p+1. The van der Waals surface area contributed by atoms with Gasteiger partial charge < -0.3 is 19.6 Å². The van der Waals surface area contributed by atoms with Crippen LogP contribution in [0.3, 0.4) is 0 Å². The maximum Gasteiger partial charge on any atom is 0.513 e. The van der Waals surface area contributed by atoms with Gasteiger partial charge in [0.2, 0.25) is 0 Å². The monoisotopic (exact) mass is 312 g/mol. The van der Waals surface area contributed by atoms with E-state index < -0.39 is 6.16 Å². The summed E-state index contributed by atoms with van der Waals surface area (Å²) in [5.41, 5.74) is 0.363. The highest BCUT2D eigenvalue weighted by atomic mass is 16.7. The molecule has 0 fully saturated rings. The molecule has 1 amide bonds. The Hall–Kier alpha value is -2.71. The average Bonchev–Trinajstić information content (AvgIpc) is 2.49. The van der Waals surface area contributed by atoms with Gasteiger partial charge in [0.05, 0.1) is 12.6 Å². The molecule has 1 aromatic rings. The van der Waals surface area contributed by atoms with Crippen LogP contribution in [0.5, 0.6) is 0 Å². The predicted molar refractivity (Wildman–Crippen MR) is 73.4 cm³/mol. The van der Waals surface area contributed by atoms with Crippen molar-refractivity contribution < 1.29 is 28.5 Å². The molecule has 0 radical (unpaired) electrons. The second-order valence-corrected chi connectivity index (χ2v) is 4.46. The molecule has 1 aromatic heterocycles. The molecule has 9 heteroatoms. The Kier molecular flexibility index (Phi) is 7.31. The molecule has 0 saturated heterocycles. The van der Waals surface area contributed by atoms with Gasteiger partial charge in [0.25, 0.3) is 12.6 Å². The predicted octanol–water partition coefficient (Wildman–Crippen LogP) is 0.921. The van der Waals surface area contributed by atoms with Gasteiger partial charge in [0.15, 0.2) is 17.7 Å². The SMILES string of the molecule is CC(C)OC(=O)OC[n+]1cccc(C(=O)NCCON=O)c1. The fraction of sp³-hybridized carbons (Fsp3) is 0.462. The van der Waals surface area contributed by atoms with E-state index in [9.17, 15) is 14.5 Å². The highest BCUT2D eigenvalue weighted by molar-refractivity contribution is 5.93. The molecule has 120 valence electrons. The molecule has 0 aliphatic heterocycles. The lowest BCUT2D eigenvalue weighted by Gasteiger charge is -2.07. The minimum atomic E-state index is -0.782. The van der Waals surface area contributed by atoms with Gasteiger partial charge in [-0.1, -0.05) is 0 Å². The minimum Gasteiger partial charge on any atom is -0.431 e. The molecule has 0 bridgehead atoms. The van der Waals surface area contributed by atoms with Crippen LogP contribution in [0, 0.1) is 4.91 Å². The van der Waals surface area contributed by atoms with Crippen LogP contribution in [0.1, 0.15) is 24.2 Å². The molecule has 1 N–H and O–H groups in total. The first-order chi connectivity index (χ1) is 10.5. The minimum absolute atomic E-state index is 0.00771. The van der Waals surface area contributed by atoms with E-state index in [2.05, 4.69) is 15.5 Å². The van der Waals surface area contributed by atoms with Crippen molar-refractivity contribution in [2.45, 2.75) is 26.7 Å². The summed E-state index contributed by atoms with van der Waals surface area (Å²) in [4.78, 5) is 37.0. The molecule has 1 heterocycles. The molecule has 0 saturated carbocycles. The lowest BCUT2D eigenvalue weighted by atomic mass is 10.2. The lowest BCUT2D eigenvalue weighted by Crippen LogP contribution is -2.38. The van der Waals surface area contributed by atoms with Crippen LogP contribution in [0.2, 0.25) is 0 Å². The van der Waals surface area contributed by atoms with E-state index in [1.54, 1.807) is 32.2 Å². The Labute approximate surface area is 127 Å². The van der Waals surface area contributed by atoms with Crippen molar-refractivity contribution in [2.24, 2.45) is 5.34 Å². The van der Waals surface area contributed by atoms with E-state index in [-0.39, 0.29) is 31.9 Å². The molecule has 9 nitrogen and oxygen atoms in total. The maximum atomic E-state index is 11.8. The molecular weight excluding hydrogens is 294 g/mol. The van der Waals surface area contributed by atoms with Gasteiger partial charge in [-0.15, -0.1) is 4.91 Å². The van der Waals surface area contributed by atoms with Crippen molar-refractivity contribution in [3.8, 4) is 0 Å². The Morgan fingerprint density at radius 2 is 2.18 bits per heavy atom. The second-order valence-electron chi connectivity index (χ2n) is 4.46. The van der Waals surface area contributed by atoms with Gasteiger partial charge in [-0.3, -0.25) is 4.79 Å². The molecule has 0 spiro atoms. The Balaban J connectivity index is 2.49. The molecule has 1 rings (SSSR count). The first-order valence-electron chi connectivity index (χ1n) is 6.58. The van der Waals surface area contributed by atoms with E-state index in [4.69, 9.17) is 9.47 Å². The van der Waals surface area contributed by atoms with E-state index >= 15 is 0 Å². The fourth-order valence-electron chi connectivity index (χ4n) is 1.44. The van der Waals surface area contributed by atoms with Gasteiger partial charge in [-0.2, -0.15) is 4.57 Å². The molecule has 0 atom stereocenters. The third kappa shape index (κ3) is 6.64. The average molecular weight is 312 g/mol. The van der Waals surface area contributed by atoms with Crippen molar-refractivity contribution in [3.05, 3.63) is 35.0 Å². The first kappa shape index (κ1) is 17.3. The van der Waals surface area contributed by atoms with Crippen LogP contribution in [-0.2, 0) is 21.0 Å².